The van der Waals surface area contributed by atoms with Crippen molar-refractivity contribution >= 4 is 11.6 Å². The maximum Gasteiger partial charge on any atom is 0.250 e. The smallest absolute Gasteiger partial charge is 0.250 e. The molecule has 2 aromatic heterocycles. The molecule has 2 aromatic rings. The SMILES string of the molecule is O=C(Nc1cnn(-c2ncccn2)c1)[C@@H]1C[C@H]2CCCC[C@@H]2N1. The van der Waals surface area contributed by atoms with Crippen LogP contribution in [0, 0.1) is 5.92 Å². The Hall–Kier alpha value is -2.28. The van der Waals surface area contributed by atoms with Crippen LogP contribution in [0.3, 0.4) is 0 Å². The van der Waals surface area contributed by atoms with Gasteiger partial charge in [-0.2, -0.15) is 5.10 Å². The molecule has 1 aliphatic heterocycles. The van der Waals surface area contributed by atoms with Gasteiger partial charge in [-0.15, -0.1) is 0 Å². The van der Waals surface area contributed by atoms with Crippen molar-refractivity contribution in [3.63, 3.8) is 0 Å². The lowest BCUT2D eigenvalue weighted by Crippen LogP contribution is -2.39. The van der Waals surface area contributed by atoms with Gasteiger partial charge in [0.25, 0.3) is 0 Å². The number of carbonyl (C=O) groups excluding carboxylic acids is 1. The van der Waals surface area contributed by atoms with E-state index in [9.17, 15) is 4.79 Å². The number of carbonyl (C=O) groups is 1. The Kier molecular flexibility index (Phi) is 3.78. The maximum absolute atomic E-state index is 12.5. The van der Waals surface area contributed by atoms with E-state index in [-0.39, 0.29) is 11.9 Å². The summed E-state index contributed by atoms with van der Waals surface area (Å²) < 4.78 is 1.55. The first kappa shape index (κ1) is 14.3. The third-order valence-corrected chi connectivity index (χ3v) is 4.79. The van der Waals surface area contributed by atoms with Crippen molar-refractivity contribution in [1.82, 2.24) is 25.1 Å². The fraction of sp³-hybridized carbons (Fsp3) is 0.500. The van der Waals surface area contributed by atoms with Crippen LogP contribution in [-0.4, -0.2) is 37.7 Å². The first-order valence-corrected chi connectivity index (χ1v) is 8.18. The minimum Gasteiger partial charge on any atom is -0.322 e. The Morgan fingerprint density at radius 1 is 1.26 bits per heavy atom. The summed E-state index contributed by atoms with van der Waals surface area (Å²) in [6.45, 7) is 0. The van der Waals surface area contributed by atoms with Crippen molar-refractivity contribution in [3.05, 3.63) is 30.9 Å². The fourth-order valence-corrected chi connectivity index (χ4v) is 3.66. The Balaban J connectivity index is 1.41. The number of hydrogen-bond acceptors (Lipinski definition) is 5. The molecule has 0 aromatic carbocycles. The minimum atomic E-state index is -0.0978. The predicted molar refractivity (Wildman–Crippen MR) is 85.1 cm³/mol. The molecule has 0 radical (unpaired) electrons. The molecule has 0 bridgehead atoms. The lowest BCUT2D eigenvalue weighted by atomic mass is 9.85. The second-order valence-electron chi connectivity index (χ2n) is 6.32. The molecule has 2 aliphatic rings. The summed E-state index contributed by atoms with van der Waals surface area (Å²) in [4.78, 5) is 20.7. The molecular weight excluding hydrogens is 292 g/mol. The van der Waals surface area contributed by atoms with Gasteiger partial charge in [-0.25, -0.2) is 14.6 Å². The van der Waals surface area contributed by atoms with Gasteiger partial charge in [0.05, 0.1) is 24.1 Å². The summed E-state index contributed by atoms with van der Waals surface area (Å²) in [6.07, 6.45) is 12.6. The first-order valence-electron chi connectivity index (χ1n) is 8.18. The normalized spacial score (nSPS) is 26.7. The van der Waals surface area contributed by atoms with Crippen LogP contribution in [0.2, 0.25) is 0 Å². The van der Waals surface area contributed by atoms with Crippen molar-refractivity contribution in [3.8, 4) is 5.95 Å². The Morgan fingerprint density at radius 2 is 2.09 bits per heavy atom. The van der Waals surface area contributed by atoms with E-state index in [1.165, 1.54) is 25.7 Å². The van der Waals surface area contributed by atoms with Gasteiger partial charge in [-0.3, -0.25) is 4.79 Å². The van der Waals surface area contributed by atoms with Crippen LogP contribution in [0.15, 0.2) is 30.9 Å². The van der Waals surface area contributed by atoms with Gasteiger partial charge < -0.3 is 10.6 Å². The molecule has 0 unspecified atom stereocenters. The molecule has 3 atom stereocenters. The molecular formula is C16H20N6O. The van der Waals surface area contributed by atoms with E-state index in [0.717, 1.165) is 6.42 Å². The van der Waals surface area contributed by atoms with Crippen LogP contribution in [0.4, 0.5) is 5.69 Å². The summed E-state index contributed by atoms with van der Waals surface area (Å²) in [6, 6.07) is 2.17. The molecule has 4 rings (SSSR count). The average Bonchev–Trinajstić information content (AvgIpc) is 3.22. The molecule has 2 fully saturated rings. The highest BCUT2D eigenvalue weighted by Crippen LogP contribution is 2.33. The monoisotopic (exact) mass is 312 g/mol. The second-order valence-corrected chi connectivity index (χ2v) is 6.32. The Bertz CT molecular complexity index is 671. The summed E-state index contributed by atoms with van der Waals surface area (Å²) in [5.74, 6) is 1.16. The summed E-state index contributed by atoms with van der Waals surface area (Å²) in [5.41, 5.74) is 0.666. The van der Waals surface area contributed by atoms with Crippen molar-refractivity contribution in [2.24, 2.45) is 5.92 Å². The van der Waals surface area contributed by atoms with Crippen LogP contribution < -0.4 is 10.6 Å². The lowest BCUT2D eigenvalue weighted by molar-refractivity contribution is -0.117. The molecule has 7 heteroatoms. The summed E-state index contributed by atoms with van der Waals surface area (Å²) >= 11 is 0. The average molecular weight is 312 g/mol. The number of rotatable bonds is 3. The summed E-state index contributed by atoms with van der Waals surface area (Å²) in [5, 5.41) is 10.6. The van der Waals surface area contributed by atoms with Crippen LogP contribution in [0.25, 0.3) is 5.95 Å². The van der Waals surface area contributed by atoms with Gasteiger partial charge in [0, 0.05) is 18.4 Å². The highest BCUT2D eigenvalue weighted by molar-refractivity contribution is 5.94. The zero-order chi connectivity index (χ0) is 15.6. The van der Waals surface area contributed by atoms with E-state index in [1.54, 1.807) is 35.5 Å². The van der Waals surface area contributed by atoms with E-state index in [4.69, 9.17) is 0 Å². The molecule has 1 saturated carbocycles. The molecule has 23 heavy (non-hydrogen) atoms. The quantitative estimate of drug-likeness (QED) is 0.897. The molecule has 2 N–H and O–H groups in total. The highest BCUT2D eigenvalue weighted by Gasteiger charge is 2.38. The largest absolute Gasteiger partial charge is 0.322 e. The van der Waals surface area contributed by atoms with E-state index in [1.807, 2.05) is 0 Å². The number of amides is 1. The van der Waals surface area contributed by atoms with E-state index in [2.05, 4.69) is 25.7 Å². The van der Waals surface area contributed by atoms with Crippen LogP contribution in [-0.2, 0) is 4.79 Å². The number of fused-ring (bicyclic) bond motifs is 1. The van der Waals surface area contributed by atoms with Crippen LogP contribution >= 0.6 is 0 Å². The van der Waals surface area contributed by atoms with Gasteiger partial charge in [0.1, 0.15) is 0 Å². The van der Waals surface area contributed by atoms with E-state index >= 15 is 0 Å². The van der Waals surface area contributed by atoms with Gasteiger partial charge in [0.15, 0.2) is 0 Å². The number of anilines is 1. The summed E-state index contributed by atoms with van der Waals surface area (Å²) in [7, 11) is 0. The van der Waals surface area contributed by atoms with Crippen molar-refractivity contribution < 1.29 is 4.79 Å². The van der Waals surface area contributed by atoms with Crippen LogP contribution in [0.5, 0.6) is 0 Å². The minimum absolute atomic E-state index is 0.0212. The number of aromatic nitrogens is 4. The Morgan fingerprint density at radius 3 is 2.91 bits per heavy atom. The Labute approximate surface area is 134 Å². The molecule has 1 saturated heterocycles. The van der Waals surface area contributed by atoms with Gasteiger partial charge in [0.2, 0.25) is 11.9 Å². The predicted octanol–water partition coefficient (Wildman–Crippen LogP) is 1.52. The third-order valence-electron chi connectivity index (χ3n) is 4.79. The zero-order valence-corrected chi connectivity index (χ0v) is 12.9. The van der Waals surface area contributed by atoms with Gasteiger partial charge >= 0.3 is 0 Å². The number of nitrogens with zero attached hydrogens (tertiary/aromatic N) is 4. The first-order chi connectivity index (χ1) is 11.3. The zero-order valence-electron chi connectivity index (χ0n) is 12.9. The van der Waals surface area contributed by atoms with Gasteiger partial charge in [-0.05, 0) is 31.2 Å². The molecule has 0 spiro atoms. The lowest BCUT2D eigenvalue weighted by Gasteiger charge is -2.24. The van der Waals surface area contributed by atoms with Gasteiger partial charge in [-0.1, -0.05) is 12.8 Å². The van der Waals surface area contributed by atoms with Crippen molar-refractivity contribution in [2.45, 2.75) is 44.2 Å². The van der Waals surface area contributed by atoms with Crippen LogP contribution in [0.1, 0.15) is 32.1 Å². The van der Waals surface area contributed by atoms with Crippen molar-refractivity contribution in [1.29, 1.82) is 0 Å². The second kappa shape index (κ2) is 6.08. The maximum atomic E-state index is 12.5. The van der Waals surface area contributed by atoms with Crippen molar-refractivity contribution in [2.75, 3.05) is 5.32 Å². The third kappa shape index (κ3) is 2.96. The number of hydrogen-bond donors (Lipinski definition) is 2. The molecule has 1 aliphatic carbocycles. The van der Waals surface area contributed by atoms with E-state index in [0.29, 0.717) is 23.6 Å². The topological polar surface area (TPSA) is 84.7 Å². The molecule has 1 amide bonds. The molecule has 7 nitrogen and oxygen atoms in total. The van der Waals surface area contributed by atoms with E-state index < -0.39 is 0 Å². The molecule has 3 heterocycles. The highest BCUT2D eigenvalue weighted by atomic mass is 16.2. The number of nitrogens with one attached hydrogen (secondary N) is 2. The molecule has 120 valence electrons. The fourth-order valence-electron chi connectivity index (χ4n) is 3.66. The standard InChI is InChI=1S/C16H20N6O/c23-15(14-8-11-4-1-2-5-13(11)21-14)20-12-9-19-22(10-12)16-17-6-3-7-18-16/h3,6-7,9-11,13-14,21H,1-2,4-5,8H2,(H,20,23)/t11-,13+,14+/m1/s1.